The molecule has 1 saturated heterocycles. The average Bonchev–Trinajstić information content (AvgIpc) is 2.68. The van der Waals surface area contributed by atoms with Crippen LogP contribution in [0.1, 0.15) is 39.5 Å². The lowest BCUT2D eigenvalue weighted by molar-refractivity contribution is -0.129. The molecule has 0 aromatic rings. The molecule has 0 spiro atoms. The fraction of sp³-hybridized carbons (Fsp3) is 0.667. The van der Waals surface area contributed by atoms with Gasteiger partial charge in [-0.15, -0.1) is 0 Å². The van der Waals surface area contributed by atoms with Gasteiger partial charge < -0.3 is 20.4 Å². The summed E-state index contributed by atoms with van der Waals surface area (Å²) in [6.45, 7) is 8.32. The van der Waals surface area contributed by atoms with Gasteiger partial charge in [0, 0.05) is 52.5 Å². The first kappa shape index (κ1) is 26.0. The van der Waals surface area contributed by atoms with E-state index in [1.807, 2.05) is 6.92 Å². The zero-order chi connectivity index (χ0) is 23.8. The normalized spacial score (nSPS) is 18.7. The van der Waals surface area contributed by atoms with E-state index < -0.39 is 5.50 Å². The summed E-state index contributed by atoms with van der Waals surface area (Å²) in [5.74, 6) is 0.667. The van der Waals surface area contributed by atoms with Gasteiger partial charge in [-0.2, -0.15) is 0 Å². The van der Waals surface area contributed by atoms with Crippen molar-refractivity contribution in [3.8, 4) is 0 Å². The minimum Gasteiger partial charge on any atom is -0.373 e. The highest BCUT2D eigenvalue weighted by Crippen LogP contribution is 2.21. The second-order valence-corrected chi connectivity index (χ2v) is 9.24. The van der Waals surface area contributed by atoms with Gasteiger partial charge in [-0.05, 0) is 26.2 Å². The molecule has 1 heterocycles. The SMILES string of the molecule is C=C/N=C(/C(=O)N1CC(NC2CCC2)C1)N(C)N/C(CC)=C(\NC)N(C)C(=N)SC(C)F. The standard InChI is InChI=1S/C21H37FN8OS/c1-7-17(18(24-4)28(5)21(23)32-14(3)22)27-29(6)19(25-8-2)20(31)30-12-16(13-30)26-15-10-9-11-15/h8,14-16,23-24,26-27H,2,7,9-13H2,1,3-6H3/b18-17+,23-21?,25-19-. The van der Waals surface area contributed by atoms with Crippen LogP contribution < -0.4 is 16.1 Å². The molecule has 1 aliphatic heterocycles. The number of carbonyl (C=O) groups is 1. The van der Waals surface area contributed by atoms with Crippen LogP contribution in [0.15, 0.2) is 29.3 Å². The molecule has 0 bridgehead atoms. The Labute approximate surface area is 195 Å². The number of hydrazine groups is 1. The van der Waals surface area contributed by atoms with Crippen molar-refractivity contribution in [1.29, 1.82) is 5.41 Å². The summed E-state index contributed by atoms with van der Waals surface area (Å²) in [5, 5.41) is 16.4. The van der Waals surface area contributed by atoms with Gasteiger partial charge in [0.15, 0.2) is 5.17 Å². The molecule has 180 valence electrons. The Morgan fingerprint density at radius 2 is 2.03 bits per heavy atom. The molecule has 2 aliphatic rings. The Kier molecular flexibility index (Phi) is 9.83. The number of carbonyl (C=O) groups excluding carboxylic acids is 1. The number of nitrogens with one attached hydrogen (secondary N) is 4. The van der Waals surface area contributed by atoms with Crippen molar-refractivity contribution in [2.24, 2.45) is 4.99 Å². The number of rotatable bonds is 9. The molecule has 1 unspecified atom stereocenters. The number of amidine groups is 2. The van der Waals surface area contributed by atoms with Crippen LogP contribution in [0.5, 0.6) is 0 Å². The van der Waals surface area contributed by atoms with E-state index >= 15 is 0 Å². The van der Waals surface area contributed by atoms with Crippen LogP contribution in [0.25, 0.3) is 0 Å². The Balaban J connectivity index is 2.07. The first-order valence-electron chi connectivity index (χ1n) is 11.0. The lowest BCUT2D eigenvalue weighted by Crippen LogP contribution is -2.65. The van der Waals surface area contributed by atoms with E-state index in [4.69, 9.17) is 5.41 Å². The molecule has 1 atom stereocenters. The van der Waals surface area contributed by atoms with Crippen molar-refractivity contribution in [1.82, 2.24) is 30.9 Å². The van der Waals surface area contributed by atoms with Crippen LogP contribution in [0.3, 0.4) is 0 Å². The molecule has 11 heteroatoms. The van der Waals surface area contributed by atoms with Crippen molar-refractivity contribution in [3.05, 3.63) is 24.3 Å². The minimum absolute atomic E-state index is 0.0707. The zero-order valence-electron chi connectivity index (χ0n) is 19.7. The molecule has 32 heavy (non-hydrogen) atoms. The van der Waals surface area contributed by atoms with Crippen LogP contribution in [-0.2, 0) is 4.79 Å². The van der Waals surface area contributed by atoms with Crippen LogP contribution in [0.4, 0.5) is 4.39 Å². The quantitative estimate of drug-likeness (QED) is 0.233. The number of aliphatic imine (C=N–C) groups is 1. The van der Waals surface area contributed by atoms with Crippen LogP contribution in [0, 0.1) is 5.41 Å². The van der Waals surface area contributed by atoms with E-state index in [1.165, 1.54) is 32.4 Å². The maximum absolute atomic E-state index is 13.4. The van der Waals surface area contributed by atoms with Gasteiger partial charge in [0.05, 0.1) is 5.70 Å². The smallest absolute Gasteiger partial charge is 0.291 e. The fourth-order valence-corrected chi connectivity index (χ4v) is 4.14. The number of hydrogen-bond acceptors (Lipinski definition) is 7. The first-order valence-corrected chi connectivity index (χ1v) is 11.9. The highest BCUT2D eigenvalue weighted by atomic mass is 32.2. The highest BCUT2D eigenvalue weighted by molar-refractivity contribution is 8.14. The van der Waals surface area contributed by atoms with E-state index in [0.29, 0.717) is 37.4 Å². The maximum atomic E-state index is 13.4. The predicted octanol–water partition coefficient (Wildman–Crippen LogP) is 2.03. The summed E-state index contributed by atoms with van der Waals surface area (Å²) in [6.07, 6.45) is 5.65. The number of alkyl halides is 1. The molecular weight excluding hydrogens is 431 g/mol. The number of halogens is 1. The van der Waals surface area contributed by atoms with Gasteiger partial charge >= 0.3 is 0 Å². The van der Waals surface area contributed by atoms with E-state index in [9.17, 15) is 9.18 Å². The summed E-state index contributed by atoms with van der Waals surface area (Å²) in [6, 6.07) is 0.930. The molecule has 2 fully saturated rings. The maximum Gasteiger partial charge on any atom is 0.291 e. The lowest BCUT2D eigenvalue weighted by Gasteiger charge is -2.43. The van der Waals surface area contributed by atoms with Crippen LogP contribution >= 0.6 is 11.8 Å². The third-order valence-electron chi connectivity index (χ3n) is 5.56. The Hall–Kier alpha value is -2.27. The summed E-state index contributed by atoms with van der Waals surface area (Å²) >= 11 is 0.820. The topological polar surface area (TPSA) is 99.1 Å². The Bertz CT molecular complexity index is 746. The Morgan fingerprint density at radius 1 is 1.38 bits per heavy atom. The summed E-state index contributed by atoms with van der Waals surface area (Å²) in [5.41, 5.74) is 2.75. The number of likely N-dealkylation sites (tertiary alicyclic amines) is 1. The Morgan fingerprint density at radius 3 is 2.50 bits per heavy atom. The average molecular weight is 469 g/mol. The minimum atomic E-state index is -1.19. The largest absolute Gasteiger partial charge is 0.373 e. The van der Waals surface area contributed by atoms with Crippen molar-refractivity contribution >= 4 is 28.7 Å². The van der Waals surface area contributed by atoms with Gasteiger partial charge in [-0.25, -0.2) is 9.38 Å². The monoisotopic (exact) mass is 468 g/mol. The van der Waals surface area contributed by atoms with Crippen molar-refractivity contribution in [2.45, 2.75) is 57.1 Å². The number of likely N-dealkylation sites (N-methyl/N-ethyl adjacent to an activating group) is 1. The van der Waals surface area contributed by atoms with E-state index in [-0.39, 0.29) is 16.9 Å². The lowest BCUT2D eigenvalue weighted by atomic mass is 9.91. The molecule has 0 aromatic carbocycles. The van der Waals surface area contributed by atoms with Gasteiger partial charge in [-0.3, -0.25) is 20.6 Å². The second-order valence-electron chi connectivity index (χ2n) is 7.96. The summed E-state index contributed by atoms with van der Waals surface area (Å²) in [7, 11) is 5.15. The van der Waals surface area contributed by atoms with Gasteiger partial charge in [-0.1, -0.05) is 31.7 Å². The molecule has 1 saturated carbocycles. The number of amides is 1. The number of thioether (sulfide) groups is 1. The van der Waals surface area contributed by atoms with E-state index in [1.54, 1.807) is 36.0 Å². The number of nitrogens with zero attached hydrogens (tertiary/aromatic N) is 4. The third-order valence-corrected chi connectivity index (χ3v) is 6.38. The fourth-order valence-electron chi connectivity index (χ4n) is 3.58. The molecule has 1 amide bonds. The van der Waals surface area contributed by atoms with Crippen LogP contribution in [-0.4, -0.2) is 83.5 Å². The zero-order valence-corrected chi connectivity index (χ0v) is 20.6. The highest BCUT2D eigenvalue weighted by Gasteiger charge is 2.36. The van der Waals surface area contributed by atoms with Gasteiger partial charge in [0.2, 0.25) is 5.84 Å². The van der Waals surface area contributed by atoms with Gasteiger partial charge in [0.25, 0.3) is 5.91 Å². The van der Waals surface area contributed by atoms with Crippen molar-refractivity contribution in [3.63, 3.8) is 0 Å². The first-order chi connectivity index (χ1) is 15.2. The molecule has 2 rings (SSSR count). The van der Waals surface area contributed by atoms with Crippen molar-refractivity contribution in [2.75, 3.05) is 34.2 Å². The molecular formula is C21H37FN8OS. The molecule has 0 radical (unpaired) electrons. The predicted molar refractivity (Wildman–Crippen MR) is 130 cm³/mol. The van der Waals surface area contributed by atoms with E-state index in [0.717, 1.165) is 17.5 Å². The van der Waals surface area contributed by atoms with Crippen molar-refractivity contribution < 1.29 is 9.18 Å². The number of allylic oxidation sites excluding steroid dienone is 1. The number of hydrogen-bond donors (Lipinski definition) is 4. The third kappa shape index (κ3) is 6.61. The molecule has 4 N–H and O–H groups in total. The summed E-state index contributed by atoms with van der Waals surface area (Å²) in [4.78, 5) is 20.6. The van der Waals surface area contributed by atoms with Crippen LogP contribution in [0.2, 0.25) is 0 Å². The van der Waals surface area contributed by atoms with E-state index in [2.05, 4.69) is 27.6 Å². The summed E-state index contributed by atoms with van der Waals surface area (Å²) < 4.78 is 13.4. The van der Waals surface area contributed by atoms with Gasteiger partial charge in [0.1, 0.15) is 11.3 Å². The molecule has 9 nitrogen and oxygen atoms in total. The molecule has 1 aliphatic carbocycles. The molecule has 0 aromatic heterocycles. The second kappa shape index (κ2) is 12.1.